The van der Waals surface area contributed by atoms with Crippen LogP contribution in [0.2, 0.25) is 10.0 Å². The Hall–Kier alpha value is -2.64. The normalized spacial score (nSPS) is 14.8. The number of hydrogen-bond acceptors (Lipinski definition) is 3. The predicted octanol–water partition coefficient (Wildman–Crippen LogP) is 7.30. The fraction of sp³-hybridized carbons (Fsp3) is 0.448. The zero-order valence-electron chi connectivity index (χ0n) is 22.0. The van der Waals surface area contributed by atoms with E-state index >= 15 is 0 Å². The molecule has 1 aliphatic heterocycles. The molecule has 0 atom stereocenters. The zero-order chi connectivity index (χ0) is 27.8. The van der Waals surface area contributed by atoms with E-state index in [4.69, 9.17) is 27.9 Å². The van der Waals surface area contributed by atoms with Crippen LogP contribution in [0.5, 0.6) is 0 Å². The van der Waals surface area contributed by atoms with Gasteiger partial charge < -0.3 is 14.2 Å². The number of benzene rings is 2. The van der Waals surface area contributed by atoms with E-state index in [1.807, 2.05) is 24.6 Å². The maximum absolute atomic E-state index is 14.0. The van der Waals surface area contributed by atoms with Gasteiger partial charge in [-0.1, -0.05) is 23.2 Å². The van der Waals surface area contributed by atoms with Crippen molar-refractivity contribution in [2.45, 2.75) is 51.9 Å². The lowest BCUT2D eigenvalue weighted by Crippen LogP contribution is -2.38. The summed E-state index contributed by atoms with van der Waals surface area (Å²) in [6, 6.07) is 8.33. The molecule has 1 aliphatic rings. The molecule has 4 rings (SSSR count). The van der Waals surface area contributed by atoms with Gasteiger partial charge in [-0.05, 0) is 73.6 Å². The summed E-state index contributed by atoms with van der Waals surface area (Å²) in [7, 11) is 3.22. The number of fused-ring (bicyclic) bond motifs is 1. The summed E-state index contributed by atoms with van der Waals surface area (Å²) in [4.78, 5) is 26.6. The summed E-state index contributed by atoms with van der Waals surface area (Å²) < 4.78 is 34.7. The molecule has 0 bridgehead atoms. The van der Waals surface area contributed by atoms with E-state index in [2.05, 4.69) is 0 Å². The van der Waals surface area contributed by atoms with Crippen LogP contribution in [0, 0.1) is 12.8 Å². The van der Waals surface area contributed by atoms with Crippen molar-refractivity contribution in [2.75, 3.05) is 20.2 Å². The van der Waals surface area contributed by atoms with Gasteiger partial charge in [0.2, 0.25) is 0 Å². The standard InChI is InChI=1S/C29H32Cl2F2N2O3/c1-17-13-19(29(2,32)33)14-25-22(17)15-20(34(25)3)16-23-24(30)7-6-21(27(23)31)28(37)35-11-9-18(10-12-35)5-8-26(36)38-4/h6-7,13-15,18H,5,8-12,16H2,1-4H3. The van der Waals surface area contributed by atoms with Crippen LogP contribution >= 0.6 is 23.2 Å². The molecular weight excluding hydrogens is 533 g/mol. The van der Waals surface area contributed by atoms with Gasteiger partial charge in [0, 0.05) is 67.1 Å². The monoisotopic (exact) mass is 564 g/mol. The van der Waals surface area contributed by atoms with Crippen LogP contribution in [0.3, 0.4) is 0 Å². The van der Waals surface area contributed by atoms with Crippen molar-refractivity contribution in [3.63, 3.8) is 0 Å². The maximum Gasteiger partial charge on any atom is 0.305 e. The van der Waals surface area contributed by atoms with Gasteiger partial charge in [0.05, 0.1) is 17.7 Å². The molecule has 1 amide bonds. The minimum Gasteiger partial charge on any atom is -0.469 e. The van der Waals surface area contributed by atoms with Gasteiger partial charge in [0.25, 0.3) is 11.8 Å². The van der Waals surface area contributed by atoms with Gasteiger partial charge in [-0.2, -0.15) is 0 Å². The third-order valence-electron chi connectivity index (χ3n) is 7.64. The Bertz CT molecular complexity index is 1370. The molecule has 1 fully saturated rings. The Morgan fingerprint density at radius 3 is 2.45 bits per heavy atom. The second kappa shape index (κ2) is 11.2. The molecule has 1 saturated heterocycles. The number of aromatic nitrogens is 1. The molecule has 38 heavy (non-hydrogen) atoms. The number of ether oxygens (including phenoxy) is 1. The minimum atomic E-state index is -2.94. The van der Waals surface area contributed by atoms with E-state index in [1.165, 1.54) is 19.2 Å². The first-order chi connectivity index (χ1) is 17.9. The fourth-order valence-corrected chi connectivity index (χ4v) is 5.80. The van der Waals surface area contributed by atoms with Crippen molar-refractivity contribution in [1.29, 1.82) is 0 Å². The average molecular weight is 565 g/mol. The highest BCUT2D eigenvalue weighted by molar-refractivity contribution is 6.38. The SMILES string of the molecule is COC(=O)CCC1CCN(C(=O)c2ccc(Cl)c(Cc3cc4c(C)cc(C(C)(F)F)cc4n3C)c2Cl)CC1. The number of nitrogens with zero attached hydrogens (tertiary/aromatic N) is 2. The Kier molecular flexibility index (Phi) is 8.38. The Balaban J connectivity index is 1.55. The predicted molar refractivity (Wildman–Crippen MR) is 146 cm³/mol. The zero-order valence-corrected chi connectivity index (χ0v) is 23.6. The molecule has 2 aromatic carbocycles. The molecule has 0 N–H and O–H groups in total. The first kappa shape index (κ1) is 28.4. The van der Waals surface area contributed by atoms with E-state index in [0.29, 0.717) is 58.5 Å². The summed E-state index contributed by atoms with van der Waals surface area (Å²) in [6.45, 7) is 3.89. The van der Waals surface area contributed by atoms with Crippen molar-refractivity contribution in [2.24, 2.45) is 13.0 Å². The first-order valence-corrected chi connectivity index (χ1v) is 13.5. The van der Waals surface area contributed by atoms with Gasteiger partial charge in [0.1, 0.15) is 0 Å². The van der Waals surface area contributed by atoms with Gasteiger partial charge >= 0.3 is 5.97 Å². The maximum atomic E-state index is 14.0. The number of amides is 1. The van der Waals surface area contributed by atoms with Gasteiger partial charge in [-0.3, -0.25) is 9.59 Å². The van der Waals surface area contributed by atoms with E-state index in [0.717, 1.165) is 42.8 Å². The molecular formula is C29H32Cl2F2N2O3. The van der Waals surface area contributed by atoms with E-state index in [9.17, 15) is 18.4 Å². The van der Waals surface area contributed by atoms with Crippen molar-refractivity contribution < 1.29 is 23.1 Å². The van der Waals surface area contributed by atoms with Crippen LogP contribution in [0.25, 0.3) is 10.9 Å². The molecule has 9 heteroatoms. The summed E-state index contributed by atoms with van der Waals surface area (Å²) in [5.74, 6) is -2.94. The van der Waals surface area contributed by atoms with Crippen molar-refractivity contribution in [3.8, 4) is 0 Å². The molecule has 0 spiro atoms. The Labute approximate surface area is 231 Å². The van der Waals surface area contributed by atoms with Crippen molar-refractivity contribution in [1.82, 2.24) is 9.47 Å². The number of carbonyl (C=O) groups excluding carboxylic acids is 2. The van der Waals surface area contributed by atoms with Crippen molar-refractivity contribution >= 4 is 46.0 Å². The number of halogens is 4. The molecule has 0 aliphatic carbocycles. The van der Waals surface area contributed by atoms with Crippen LogP contribution in [0.15, 0.2) is 30.3 Å². The van der Waals surface area contributed by atoms with Gasteiger partial charge in [-0.25, -0.2) is 8.78 Å². The first-order valence-electron chi connectivity index (χ1n) is 12.7. The summed E-state index contributed by atoms with van der Waals surface area (Å²) in [5.41, 5.74) is 3.29. The van der Waals surface area contributed by atoms with Crippen LogP contribution < -0.4 is 0 Å². The molecule has 3 aromatic rings. The highest BCUT2D eigenvalue weighted by Gasteiger charge is 2.28. The topological polar surface area (TPSA) is 51.5 Å². The number of likely N-dealkylation sites (tertiary alicyclic amines) is 1. The largest absolute Gasteiger partial charge is 0.469 e. The fourth-order valence-electron chi connectivity index (χ4n) is 5.21. The lowest BCUT2D eigenvalue weighted by atomic mass is 9.92. The summed E-state index contributed by atoms with van der Waals surface area (Å²) in [6.07, 6.45) is 3.11. The van der Waals surface area contributed by atoms with Crippen LogP contribution in [-0.4, -0.2) is 41.5 Å². The average Bonchev–Trinajstić information content (AvgIpc) is 3.20. The number of rotatable bonds is 7. The number of alkyl halides is 2. The number of methoxy groups -OCH3 is 1. The lowest BCUT2D eigenvalue weighted by molar-refractivity contribution is -0.141. The quantitative estimate of drug-likeness (QED) is 0.283. The lowest BCUT2D eigenvalue weighted by Gasteiger charge is -2.32. The van der Waals surface area contributed by atoms with Crippen LogP contribution in [0.1, 0.15) is 65.3 Å². The summed E-state index contributed by atoms with van der Waals surface area (Å²) >= 11 is 13.3. The van der Waals surface area contributed by atoms with E-state index in [-0.39, 0.29) is 17.4 Å². The van der Waals surface area contributed by atoms with E-state index in [1.54, 1.807) is 17.0 Å². The Morgan fingerprint density at radius 1 is 1.13 bits per heavy atom. The molecule has 0 radical (unpaired) electrons. The third-order valence-corrected chi connectivity index (χ3v) is 8.42. The number of aryl methyl sites for hydroxylation is 2. The molecule has 0 unspecified atom stereocenters. The van der Waals surface area contributed by atoms with Crippen LogP contribution in [-0.2, 0) is 28.9 Å². The highest BCUT2D eigenvalue weighted by Crippen LogP contribution is 2.36. The summed E-state index contributed by atoms with van der Waals surface area (Å²) in [5, 5.41) is 1.62. The van der Waals surface area contributed by atoms with Gasteiger partial charge in [-0.15, -0.1) is 0 Å². The molecule has 2 heterocycles. The van der Waals surface area contributed by atoms with Crippen molar-refractivity contribution in [3.05, 3.63) is 68.3 Å². The smallest absolute Gasteiger partial charge is 0.305 e. The number of piperidine rings is 1. The molecule has 5 nitrogen and oxygen atoms in total. The number of esters is 1. The molecule has 204 valence electrons. The number of hydrogen-bond donors (Lipinski definition) is 0. The molecule has 1 aromatic heterocycles. The second-order valence-corrected chi connectivity index (χ2v) is 11.0. The highest BCUT2D eigenvalue weighted by atomic mass is 35.5. The minimum absolute atomic E-state index is 0.0343. The number of carbonyl (C=O) groups is 2. The second-order valence-electron chi connectivity index (χ2n) is 10.2. The molecule has 0 saturated carbocycles. The Morgan fingerprint density at radius 2 is 1.82 bits per heavy atom. The third kappa shape index (κ3) is 5.84. The van der Waals surface area contributed by atoms with E-state index < -0.39 is 5.92 Å². The van der Waals surface area contributed by atoms with Crippen LogP contribution in [0.4, 0.5) is 8.78 Å². The van der Waals surface area contributed by atoms with Gasteiger partial charge in [0.15, 0.2) is 0 Å².